The smallest absolute Gasteiger partial charge is 0.356 e. The number of methoxy groups -OCH3 is 1. The van der Waals surface area contributed by atoms with E-state index in [4.69, 9.17) is 4.74 Å². The van der Waals surface area contributed by atoms with Crippen LogP contribution in [0.1, 0.15) is 41.6 Å². The first-order chi connectivity index (χ1) is 15.6. The number of esters is 1. The van der Waals surface area contributed by atoms with Gasteiger partial charge in [-0.05, 0) is 29.1 Å². The van der Waals surface area contributed by atoms with E-state index in [2.05, 4.69) is 15.5 Å². The molecule has 2 N–H and O–H groups in total. The molecule has 0 aliphatic carbocycles. The molecule has 0 aliphatic heterocycles. The Labute approximate surface area is 188 Å². The van der Waals surface area contributed by atoms with Crippen LogP contribution in [0.25, 0.3) is 11.3 Å². The number of aromatic nitrogens is 2. The summed E-state index contributed by atoms with van der Waals surface area (Å²) < 4.78 is 4.71. The van der Waals surface area contributed by atoms with E-state index in [1.54, 1.807) is 42.5 Å². The number of benzene rings is 2. The van der Waals surface area contributed by atoms with E-state index in [0.717, 1.165) is 11.1 Å². The van der Waals surface area contributed by atoms with Crippen molar-refractivity contribution in [2.75, 3.05) is 7.11 Å². The van der Waals surface area contributed by atoms with Crippen LogP contribution in [0.2, 0.25) is 0 Å². The van der Waals surface area contributed by atoms with Gasteiger partial charge in [-0.25, -0.2) is 4.79 Å². The summed E-state index contributed by atoms with van der Waals surface area (Å²) in [5.41, 5.74) is 3.05. The van der Waals surface area contributed by atoms with Gasteiger partial charge in [0.25, 0.3) is 5.91 Å². The molecule has 0 bridgehead atoms. The van der Waals surface area contributed by atoms with Crippen molar-refractivity contribution in [3.8, 4) is 11.3 Å². The largest absolute Gasteiger partial charge is 0.464 e. The number of hydrogen-bond donors (Lipinski definition) is 2. The molecule has 0 radical (unpaired) electrons. The molecular formula is C24H19N3O4S. The first-order valence-corrected chi connectivity index (χ1v) is 10.6. The minimum Gasteiger partial charge on any atom is -0.464 e. The van der Waals surface area contributed by atoms with Crippen molar-refractivity contribution in [1.82, 2.24) is 15.5 Å². The Morgan fingerprint density at radius 3 is 2.50 bits per heavy atom. The average molecular weight is 446 g/mol. The number of carbonyl (C=O) groups excluding carboxylic acids is 3. The van der Waals surface area contributed by atoms with Gasteiger partial charge in [-0.2, -0.15) is 5.10 Å². The first kappa shape index (κ1) is 21.2. The molecule has 8 heteroatoms. The summed E-state index contributed by atoms with van der Waals surface area (Å²) in [5, 5.41) is 11.6. The number of aromatic amines is 1. The maximum atomic E-state index is 13.0. The molecule has 2 aromatic heterocycles. The van der Waals surface area contributed by atoms with Crippen LogP contribution in [0.3, 0.4) is 0 Å². The van der Waals surface area contributed by atoms with E-state index in [1.165, 1.54) is 18.4 Å². The van der Waals surface area contributed by atoms with E-state index in [1.807, 2.05) is 29.6 Å². The molecule has 2 aromatic carbocycles. The van der Waals surface area contributed by atoms with Crippen LogP contribution in [0.15, 0.2) is 72.1 Å². The zero-order chi connectivity index (χ0) is 22.5. The van der Waals surface area contributed by atoms with Gasteiger partial charge in [-0.1, -0.05) is 48.5 Å². The van der Waals surface area contributed by atoms with Gasteiger partial charge >= 0.3 is 5.97 Å². The molecule has 2 heterocycles. The van der Waals surface area contributed by atoms with Crippen molar-refractivity contribution in [2.45, 2.75) is 6.54 Å². The molecule has 32 heavy (non-hydrogen) atoms. The lowest BCUT2D eigenvalue weighted by Gasteiger charge is -2.11. The van der Waals surface area contributed by atoms with Crippen molar-refractivity contribution >= 4 is 29.0 Å². The third kappa shape index (κ3) is 4.35. The van der Waals surface area contributed by atoms with Crippen molar-refractivity contribution in [1.29, 1.82) is 0 Å². The molecule has 4 aromatic rings. The number of H-pyrrole nitrogens is 1. The molecule has 0 fully saturated rings. The van der Waals surface area contributed by atoms with E-state index >= 15 is 0 Å². The highest BCUT2D eigenvalue weighted by atomic mass is 32.1. The zero-order valence-electron chi connectivity index (χ0n) is 17.1. The predicted molar refractivity (Wildman–Crippen MR) is 121 cm³/mol. The van der Waals surface area contributed by atoms with Gasteiger partial charge in [0, 0.05) is 17.7 Å². The number of carbonyl (C=O) groups is 3. The maximum Gasteiger partial charge on any atom is 0.356 e. The number of amides is 1. The number of nitrogens with one attached hydrogen (secondary N) is 2. The van der Waals surface area contributed by atoms with Crippen LogP contribution in [0.4, 0.5) is 0 Å². The van der Waals surface area contributed by atoms with Crippen LogP contribution in [0.5, 0.6) is 0 Å². The number of ketones is 1. The summed E-state index contributed by atoms with van der Waals surface area (Å²) >= 11 is 1.34. The van der Waals surface area contributed by atoms with Crippen LogP contribution in [-0.4, -0.2) is 35.0 Å². The Hall–Kier alpha value is -4.04. The third-order valence-corrected chi connectivity index (χ3v) is 5.75. The summed E-state index contributed by atoms with van der Waals surface area (Å²) in [5.74, 6) is -1.04. The molecule has 0 aliphatic rings. The molecule has 0 spiro atoms. The lowest BCUT2D eigenvalue weighted by Crippen LogP contribution is -2.25. The number of rotatable bonds is 7. The fourth-order valence-electron chi connectivity index (χ4n) is 3.29. The zero-order valence-corrected chi connectivity index (χ0v) is 17.9. The maximum absolute atomic E-state index is 13.0. The SMILES string of the molecule is COC(=O)c1cc(-c2ccccc2CNC(=O)c2ccccc2C(=O)c2cccs2)n[nH]1. The van der Waals surface area contributed by atoms with E-state index in [-0.39, 0.29) is 23.9 Å². The summed E-state index contributed by atoms with van der Waals surface area (Å²) in [4.78, 5) is 38.0. The summed E-state index contributed by atoms with van der Waals surface area (Å²) in [6.07, 6.45) is 0. The second-order valence-corrected chi connectivity index (χ2v) is 7.80. The number of thiophene rings is 1. The number of nitrogens with zero attached hydrogens (tertiary/aromatic N) is 1. The Balaban J connectivity index is 1.55. The number of ether oxygens (including phenoxy) is 1. The standard InChI is InChI=1S/C24H19N3O4S/c1-31-24(30)20-13-19(26-27-20)16-8-3-2-7-15(16)14-25-23(29)18-10-5-4-9-17(18)22(28)21-11-6-12-32-21/h2-13H,14H2,1H3,(H,25,29)(H,26,27). The fourth-order valence-corrected chi connectivity index (χ4v) is 3.97. The second-order valence-electron chi connectivity index (χ2n) is 6.85. The second kappa shape index (κ2) is 9.40. The average Bonchev–Trinajstić information content (AvgIpc) is 3.54. The molecular weight excluding hydrogens is 426 g/mol. The first-order valence-electron chi connectivity index (χ1n) is 9.76. The van der Waals surface area contributed by atoms with Gasteiger partial charge in [-0.3, -0.25) is 14.7 Å². The van der Waals surface area contributed by atoms with Crippen molar-refractivity contribution in [2.24, 2.45) is 0 Å². The quantitative estimate of drug-likeness (QED) is 0.330. The Morgan fingerprint density at radius 2 is 1.75 bits per heavy atom. The minimum atomic E-state index is -0.512. The highest BCUT2D eigenvalue weighted by molar-refractivity contribution is 7.12. The van der Waals surface area contributed by atoms with Crippen molar-refractivity contribution < 1.29 is 19.1 Å². The molecule has 4 rings (SSSR count). The normalized spacial score (nSPS) is 10.5. The summed E-state index contributed by atoms with van der Waals surface area (Å²) in [6.45, 7) is 0.219. The van der Waals surface area contributed by atoms with Crippen LogP contribution >= 0.6 is 11.3 Å². The van der Waals surface area contributed by atoms with E-state index < -0.39 is 5.97 Å². The highest BCUT2D eigenvalue weighted by Gasteiger charge is 2.19. The van der Waals surface area contributed by atoms with Gasteiger partial charge in [0.1, 0.15) is 5.69 Å². The topological polar surface area (TPSA) is 101 Å². The van der Waals surface area contributed by atoms with E-state index in [0.29, 0.717) is 21.7 Å². The lowest BCUT2D eigenvalue weighted by atomic mass is 10.0. The van der Waals surface area contributed by atoms with Gasteiger partial charge in [0.2, 0.25) is 5.78 Å². The minimum absolute atomic E-state index is 0.182. The lowest BCUT2D eigenvalue weighted by molar-refractivity contribution is 0.0593. The Bertz CT molecular complexity index is 1280. The van der Waals surface area contributed by atoms with Gasteiger partial charge in [-0.15, -0.1) is 11.3 Å². The fraction of sp³-hybridized carbons (Fsp3) is 0.0833. The molecule has 160 valence electrons. The van der Waals surface area contributed by atoms with Crippen LogP contribution in [0, 0.1) is 0 Å². The van der Waals surface area contributed by atoms with Gasteiger partial charge in [0.05, 0.1) is 23.2 Å². The summed E-state index contributed by atoms with van der Waals surface area (Å²) in [6, 6.07) is 19.3. The Morgan fingerprint density at radius 1 is 1.00 bits per heavy atom. The van der Waals surface area contributed by atoms with Crippen LogP contribution in [-0.2, 0) is 11.3 Å². The van der Waals surface area contributed by atoms with Gasteiger partial charge in [0.15, 0.2) is 0 Å². The number of hydrogen-bond acceptors (Lipinski definition) is 6. The predicted octanol–water partition coefficient (Wildman–Crippen LogP) is 4.09. The van der Waals surface area contributed by atoms with Crippen LogP contribution < -0.4 is 5.32 Å². The molecule has 0 saturated heterocycles. The molecule has 1 amide bonds. The third-order valence-electron chi connectivity index (χ3n) is 4.88. The highest BCUT2D eigenvalue weighted by Crippen LogP contribution is 2.23. The van der Waals surface area contributed by atoms with Gasteiger partial charge < -0.3 is 10.1 Å². The van der Waals surface area contributed by atoms with Crippen molar-refractivity contribution in [3.63, 3.8) is 0 Å². The Kier molecular flexibility index (Phi) is 6.23. The van der Waals surface area contributed by atoms with Crippen molar-refractivity contribution in [3.05, 3.63) is 99.4 Å². The molecule has 0 atom stereocenters. The summed E-state index contributed by atoms with van der Waals surface area (Å²) in [7, 11) is 1.30. The van der Waals surface area contributed by atoms with E-state index in [9.17, 15) is 14.4 Å². The molecule has 0 saturated carbocycles. The molecule has 0 unspecified atom stereocenters. The molecule has 7 nitrogen and oxygen atoms in total. The monoisotopic (exact) mass is 445 g/mol.